The van der Waals surface area contributed by atoms with Crippen molar-refractivity contribution in [3.63, 3.8) is 0 Å². The molecule has 2 amide bonds. The van der Waals surface area contributed by atoms with Crippen LogP contribution in [0.1, 0.15) is 54.9 Å². The molecule has 0 unspecified atom stereocenters. The molecule has 2 aliphatic rings. The van der Waals surface area contributed by atoms with Crippen molar-refractivity contribution in [2.45, 2.75) is 63.0 Å². The van der Waals surface area contributed by atoms with Crippen LogP contribution in [0.15, 0.2) is 24.7 Å². The summed E-state index contributed by atoms with van der Waals surface area (Å²) in [5.74, 6) is 0.230. The van der Waals surface area contributed by atoms with Crippen LogP contribution in [0.3, 0.4) is 0 Å². The number of nitrogens with one attached hydrogen (secondary N) is 1. The van der Waals surface area contributed by atoms with Gasteiger partial charge in [-0.1, -0.05) is 0 Å². The van der Waals surface area contributed by atoms with Crippen molar-refractivity contribution in [3.8, 4) is 5.88 Å². The van der Waals surface area contributed by atoms with Gasteiger partial charge in [0, 0.05) is 24.4 Å². The normalized spacial score (nSPS) is 21.5. The molecular weight excluding hydrogens is 473 g/mol. The molecule has 3 heterocycles. The molecule has 3 aromatic rings. The fourth-order valence-electron chi connectivity index (χ4n) is 5.07. The van der Waals surface area contributed by atoms with Gasteiger partial charge in [-0.2, -0.15) is 0 Å². The molecule has 0 bridgehead atoms. The van der Waals surface area contributed by atoms with Crippen molar-refractivity contribution in [1.29, 1.82) is 0 Å². The molecular formula is C24H26FN5O4S. The van der Waals surface area contributed by atoms with E-state index in [4.69, 9.17) is 4.74 Å². The maximum Gasteiger partial charge on any atom is 0.407 e. The van der Waals surface area contributed by atoms with Crippen molar-refractivity contribution < 1.29 is 23.8 Å². The van der Waals surface area contributed by atoms with Gasteiger partial charge in [0.15, 0.2) is 0 Å². The number of carboxylic acid groups (broad SMARTS) is 1. The highest BCUT2D eigenvalue weighted by molar-refractivity contribution is 7.19. The Morgan fingerprint density at radius 3 is 2.71 bits per heavy atom. The second-order valence-electron chi connectivity index (χ2n) is 9.09. The van der Waals surface area contributed by atoms with Crippen LogP contribution in [0.4, 0.5) is 15.0 Å². The molecule has 184 valence electrons. The van der Waals surface area contributed by atoms with Gasteiger partial charge in [-0.15, -0.1) is 11.3 Å². The molecule has 0 aliphatic heterocycles. The molecule has 11 heteroatoms. The van der Waals surface area contributed by atoms with E-state index in [1.165, 1.54) is 28.2 Å². The minimum atomic E-state index is -0.911. The van der Waals surface area contributed by atoms with Crippen LogP contribution in [-0.2, 0) is 11.2 Å². The summed E-state index contributed by atoms with van der Waals surface area (Å²) in [6, 6.07) is 2.70. The third-order valence-corrected chi connectivity index (χ3v) is 8.07. The van der Waals surface area contributed by atoms with Crippen LogP contribution < -0.4 is 10.1 Å². The molecule has 0 aromatic carbocycles. The number of ether oxygens (including phenoxy) is 1. The second-order valence-corrected chi connectivity index (χ2v) is 10.2. The smallest absolute Gasteiger partial charge is 0.407 e. The zero-order valence-electron chi connectivity index (χ0n) is 19.2. The number of nitrogens with zero attached hydrogens (tertiary/aromatic N) is 4. The zero-order valence-corrected chi connectivity index (χ0v) is 20.1. The lowest BCUT2D eigenvalue weighted by molar-refractivity contribution is -0.116. The van der Waals surface area contributed by atoms with Crippen molar-refractivity contribution in [2.75, 3.05) is 12.4 Å². The average Bonchev–Trinajstić information content (AvgIpc) is 3.40. The Kier molecular flexibility index (Phi) is 6.50. The average molecular weight is 500 g/mol. The van der Waals surface area contributed by atoms with Crippen LogP contribution in [0.2, 0.25) is 0 Å². The number of pyridine rings is 1. The maximum absolute atomic E-state index is 13.1. The summed E-state index contributed by atoms with van der Waals surface area (Å²) >= 11 is 1.62. The number of hydrogen-bond donors (Lipinski definition) is 2. The summed E-state index contributed by atoms with van der Waals surface area (Å²) in [5.41, 5.74) is 1.09. The number of aryl methyl sites for hydroxylation is 1. The van der Waals surface area contributed by atoms with E-state index in [1.54, 1.807) is 18.4 Å². The van der Waals surface area contributed by atoms with E-state index in [1.807, 2.05) is 0 Å². The first kappa shape index (κ1) is 23.4. The van der Waals surface area contributed by atoms with Gasteiger partial charge in [0.1, 0.15) is 28.9 Å². The Hall–Kier alpha value is -3.34. The molecule has 3 aromatic heterocycles. The van der Waals surface area contributed by atoms with Crippen LogP contribution in [0.25, 0.3) is 10.2 Å². The third-order valence-electron chi connectivity index (χ3n) is 6.89. The van der Waals surface area contributed by atoms with E-state index in [9.17, 15) is 19.1 Å². The van der Waals surface area contributed by atoms with Crippen molar-refractivity contribution in [1.82, 2.24) is 19.9 Å². The van der Waals surface area contributed by atoms with Gasteiger partial charge >= 0.3 is 6.09 Å². The number of anilines is 1. The number of halogens is 1. The molecule has 1 atom stereocenters. The van der Waals surface area contributed by atoms with Crippen LogP contribution >= 0.6 is 11.3 Å². The summed E-state index contributed by atoms with van der Waals surface area (Å²) in [6.45, 7) is 0. The number of aromatic nitrogens is 3. The molecule has 1 fully saturated rings. The van der Waals surface area contributed by atoms with Gasteiger partial charge < -0.3 is 20.1 Å². The lowest BCUT2D eigenvalue weighted by Gasteiger charge is -2.33. The summed E-state index contributed by atoms with van der Waals surface area (Å²) in [6.07, 6.45) is 6.59. The Bertz CT molecular complexity index is 1240. The first-order valence-corrected chi connectivity index (χ1v) is 12.5. The predicted molar refractivity (Wildman–Crippen MR) is 128 cm³/mol. The van der Waals surface area contributed by atoms with E-state index < -0.39 is 11.9 Å². The minimum Gasteiger partial charge on any atom is -0.474 e. The highest BCUT2D eigenvalue weighted by Crippen LogP contribution is 2.47. The minimum absolute atomic E-state index is 0.00153. The van der Waals surface area contributed by atoms with Crippen LogP contribution in [0, 0.1) is 5.82 Å². The highest BCUT2D eigenvalue weighted by atomic mass is 32.1. The molecule has 9 nitrogen and oxygen atoms in total. The Labute approximate surface area is 205 Å². The van der Waals surface area contributed by atoms with E-state index in [-0.39, 0.29) is 30.4 Å². The number of carbonyl (C=O) groups is 2. The number of carbonyl (C=O) groups excluding carboxylic acids is 1. The molecule has 0 saturated heterocycles. The fraction of sp³-hybridized carbons (Fsp3) is 0.458. The number of hydrogen-bond acceptors (Lipinski definition) is 7. The quantitative estimate of drug-likeness (QED) is 0.510. The Morgan fingerprint density at radius 1 is 1.20 bits per heavy atom. The van der Waals surface area contributed by atoms with E-state index in [0.717, 1.165) is 60.5 Å². The molecule has 2 N–H and O–H groups in total. The first-order chi connectivity index (χ1) is 16.9. The third kappa shape index (κ3) is 4.90. The van der Waals surface area contributed by atoms with E-state index in [0.29, 0.717) is 11.7 Å². The van der Waals surface area contributed by atoms with E-state index >= 15 is 0 Å². The van der Waals surface area contributed by atoms with Crippen molar-refractivity contribution in [2.24, 2.45) is 0 Å². The molecule has 0 spiro atoms. The van der Waals surface area contributed by atoms with Gasteiger partial charge in [0.2, 0.25) is 11.8 Å². The van der Waals surface area contributed by atoms with Crippen LogP contribution in [0.5, 0.6) is 5.88 Å². The zero-order chi connectivity index (χ0) is 24.5. The maximum atomic E-state index is 13.1. The molecule has 5 rings (SSSR count). The van der Waals surface area contributed by atoms with Gasteiger partial charge in [-0.05, 0) is 62.1 Å². The van der Waals surface area contributed by atoms with Gasteiger partial charge in [0.05, 0.1) is 11.6 Å². The van der Waals surface area contributed by atoms with Crippen LogP contribution in [-0.4, -0.2) is 56.2 Å². The van der Waals surface area contributed by atoms with Gasteiger partial charge in [-0.3, -0.25) is 4.79 Å². The number of thiophene rings is 1. The molecule has 2 aliphatic carbocycles. The van der Waals surface area contributed by atoms with Gasteiger partial charge in [0.25, 0.3) is 0 Å². The number of amides is 2. The second kappa shape index (κ2) is 9.73. The topological polar surface area (TPSA) is 118 Å². The lowest BCUT2D eigenvalue weighted by Crippen LogP contribution is -2.40. The summed E-state index contributed by atoms with van der Waals surface area (Å²) in [5, 5.41) is 12.9. The monoisotopic (exact) mass is 499 g/mol. The highest BCUT2D eigenvalue weighted by Gasteiger charge is 2.33. The Balaban J connectivity index is 1.31. The van der Waals surface area contributed by atoms with Gasteiger partial charge in [-0.25, -0.2) is 24.1 Å². The first-order valence-electron chi connectivity index (χ1n) is 11.7. The van der Waals surface area contributed by atoms with Crippen molar-refractivity contribution in [3.05, 3.63) is 40.9 Å². The summed E-state index contributed by atoms with van der Waals surface area (Å²) < 4.78 is 19.4. The molecule has 35 heavy (non-hydrogen) atoms. The largest absolute Gasteiger partial charge is 0.474 e. The number of rotatable bonds is 6. The molecule has 0 radical (unpaired) electrons. The lowest BCUT2D eigenvalue weighted by atomic mass is 9.92. The number of fused-ring (bicyclic) bond motifs is 3. The summed E-state index contributed by atoms with van der Waals surface area (Å²) in [7, 11) is 1.61. The fourth-order valence-corrected chi connectivity index (χ4v) is 6.30. The SMILES string of the molecule is CN(C(=O)O)C1CCC(Oc2ncnc3sc4c(c23)[C@H](CC(=O)Nc2ccc(F)cn2)CC4)CC1. The molecule has 1 saturated carbocycles. The summed E-state index contributed by atoms with van der Waals surface area (Å²) in [4.78, 5) is 40.2. The Morgan fingerprint density at radius 2 is 2.00 bits per heavy atom. The van der Waals surface area contributed by atoms with E-state index in [2.05, 4.69) is 20.3 Å². The predicted octanol–water partition coefficient (Wildman–Crippen LogP) is 4.58. The standard InChI is InChI=1S/C24H26FN5O4S/c1-30(24(32)33)15-4-6-16(7-5-15)34-22-21-20-13(2-8-17(20)35-23(21)28-12-27-22)10-19(31)29-18-9-3-14(25)11-26-18/h3,9,11-13,15-16H,2,4-8,10H2,1H3,(H,32,33)(H,26,29,31)/t13-,15?,16?/m0/s1. The van der Waals surface area contributed by atoms with Crippen molar-refractivity contribution >= 4 is 39.4 Å².